The Balaban J connectivity index is 2.53. The molecule has 0 fully saturated rings. The minimum Gasteiger partial charge on any atom is -0.266 e. The average Bonchev–Trinajstić information content (AvgIpc) is 2.24. The van der Waals surface area contributed by atoms with Gasteiger partial charge in [0.25, 0.3) is 10.1 Å². The standard InChI is InChI=1S/C13H22O3SSi/c1-12-6-8-13(9-7-12)17(14,15)16-10-5-11-18(2,3)4/h6-9H,5,10-11H2,1-4H3. The van der Waals surface area contributed by atoms with E-state index >= 15 is 0 Å². The molecule has 0 saturated heterocycles. The van der Waals surface area contributed by atoms with E-state index < -0.39 is 18.2 Å². The van der Waals surface area contributed by atoms with Gasteiger partial charge in [-0.1, -0.05) is 43.4 Å². The molecule has 0 N–H and O–H groups in total. The Bertz CT molecular complexity index is 472. The molecule has 0 aliphatic carbocycles. The monoisotopic (exact) mass is 286 g/mol. The van der Waals surface area contributed by atoms with Crippen molar-refractivity contribution in [1.82, 2.24) is 0 Å². The number of hydrogen-bond donors (Lipinski definition) is 0. The number of hydrogen-bond acceptors (Lipinski definition) is 3. The van der Waals surface area contributed by atoms with Crippen LogP contribution < -0.4 is 0 Å². The quantitative estimate of drug-likeness (QED) is 0.457. The van der Waals surface area contributed by atoms with Crippen molar-refractivity contribution in [2.75, 3.05) is 6.61 Å². The molecule has 0 atom stereocenters. The lowest BCUT2D eigenvalue weighted by Crippen LogP contribution is -2.20. The summed E-state index contributed by atoms with van der Waals surface area (Å²) >= 11 is 0. The Labute approximate surface area is 111 Å². The van der Waals surface area contributed by atoms with E-state index in [1.807, 2.05) is 6.92 Å². The van der Waals surface area contributed by atoms with Crippen molar-refractivity contribution in [1.29, 1.82) is 0 Å². The third-order valence-electron chi connectivity index (χ3n) is 2.62. The van der Waals surface area contributed by atoms with Crippen molar-refractivity contribution in [3.8, 4) is 0 Å². The van der Waals surface area contributed by atoms with E-state index in [-0.39, 0.29) is 11.5 Å². The van der Waals surface area contributed by atoms with Crippen LogP contribution in [0.4, 0.5) is 0 Å². The highest BCUT2D eigenvalue weighted by Crippen LogP contribution is 2.15. The Morgan fingerprint density at radius 3 is 2.17 bits per heavy atom. The Morgan fingerprint density at radius 1 is 1.11 bits per heavy atom. The maximum Gasteiger partial charge on any atom is 0.296 e. The molecule has 0 aliphatic rings. The van der Waals surface area contributed by atoms with E-state index in [2.05, 4.69) is 19.6 Å². The maximum atomic E-state index is 11.9. The minimum absolute atomic E-state index is 0.237. The van der Waals surface area contributed by atoms with E-state index in [4.69, 9.17) is 4.18 Å². The number of rotatable bonds is 6. The van der Waals surface area contributed by atoms with Gasteiger partial charge < -0.3 is 0 Å². The van der Waals surface area contributed by atoms with Crippen LogP contribution >= 0.6 is 0 Å². The number of aryl methyl sites for hydroxylation is 1. The molecule has 0 radical (unpaired) electrons. The van der Waals surface area contributed by atoms with Crippen LogP contribution in [0.5, 0.6) is 0 Å². The lowest BCUT2D eigenvalue weighted by atomic mass is 10.2. The van der Waals surface area contributed by atoms with Crippen LogP contribution in [0.1, 0.15) is 12.0 Å². The summed E-state index contributed by atoms with van der Waals surface area (Å²) in [5, 5.41) is 0. The fourth-order valence-electron chi connectivity index (χ4n) is 1.54. The van der Waals surface area contributed by atoms with Gasteiger partial charge >= 0.3 is 0 Å². The van der Waals surface area contributed by atoms with E-state index in [1.54, 1.807) is 24.3 Å². The highest BCUT2D eigenvalue weighted by atomic mass is 32.2. The molecule has 0 bridgehead atoms. The van der Waals surface area contributed by atoms with Crippen molar-refractivity contribution < 1.29 is 12.6 Å². The van der Waals surface area contributed by atoms with Gasteiger partial charge in [-0.3, -0.25) is 4.18 Å². The summed E-state index contributed by atoms with van der Waals surface area (Å²) in [6.07, 6.45) is 0.806. The Hall–Kier alpha value is -0.653. The second-order valence-corrected chi connectivity index (χ2v) is 13.0. The molecule has 0 amide bonds. The summed E-state index contributed by atoms with van der Waals surface area (Å²) in [6, 6.07) is 7.80. The van der Waals surface area contributed by atoms with E-state index in [1.165, 1.54) is 0 Å². The zero-order valence-corrected chi connectivity index (χ0v) is 13.4. The molecule has 18 heavy (non-hydrogen) atoms. The molecule has 0 spiro atoms. The van der Waals surface area contributed by atoms with Crippen LogP contribution in [-0.4, -0.2) is 23.1 Å². The van der Waals surface area contributed by atoms with E-state index in [0.717, 1.165) is 18.0 Å². The van der Waals surface area contributed by atoms with Crippen LogP contribution in [0.2, 0.25) is 25.7 Å². The molecule has 0 aromatic heterocycles. The van der Waals surface area contributed by atoms with Gasteiger partial charge in [-0.25, -0.2) is 0 Å². The smallest absolute Gasteiger partial charge is 0.266 e. The molecule has 3 nitrogen and oxygen atoms in total. The van der Waals surface area contributed by atoms with Crippen molar-refractivity contribution in [2.45, 2.75) is 43.9 Å². The lowest BCUT2D eigenvalue weighted by Gasteiger charge is -2.15. The van der Waals surface area contributed by atoms with Gasteiger partial charge in [0.2, 0.25) is 0 Å². The zero-order valence-electron chi connectivity index (χ0n) is 11.6. The first-order valence-corrected chi connectivity index (χ1v) is 11.3. The van der Waals surface area contributed by atoms with Gasteiger partial charge in [0.15, 0.2) is 0 Å². The predicted molar refractivity (Wildman–Crippen MR) is 77.1 cm³/mol. The Morgan fingerprint density at radius 2 is 1.67 bits per heavy atom. The van der Waals surface area contributed by atoms with Gasteiger partial charge in [-0.15, -0.1) is 0 Å². The Kier molecular flexibility index (Phi) is 5.13. The van der Waals surface area contributed by atoms with Gasteiger partial charge in [0, 0.05) is 8.07 Å². The largest absolute Gasteiger partial charge is 0.296 e. The summed E-state index contributed by atoms with van der Waals surface area (Å²) < 4.78 is 28.8. The molecule has 0 aliphatic heterocycles. The first kappa shape index (κ1) is 15.4. The molecular formula is C13H22O3SSi. The molecule has 1 aromatic carbocycles. The molecule has 102 valence electrons. The minimum atomic E-state index is -3.58. The fraction of sp³-hybridized carbons (Fsp3) is 0.538. The summed E-state index contributed by atoms with van der Waals surface area (Å²) in [7, 11) is -4.69. The second kappa shape index (κ2) is 5.99. The fourth-order valence-corrected chi connectivity index (χ4v) is 3.69. The highest BCUT2D eigenvalue weighted by molar-refractivity contribution is 7.86. The third-order valence-corrected chi connectivity index (χ3v) is 5.80. The molecule has 0 heterocycles. The normalized spacial score (nSPS) is 12.7. The lowest BCUT2D eigenvalue weighted by molar-refractivity contribution is 0.317. The predicted octanol–water partition coefficient (Wildman–Crippen LogP) is 3.43. The van der Waals surface area contributed by atoms with Crippen molar-refractivity contribution in [3.05, 3.63) is 29.8 Å². The van der Waals surface area contributed by atoms with Gasteiger partial charge in [-0.05, 0) is 25.5 Å². The van der Waals surface area contributed by atoms with Gasteiger partial charge in [0.1, 0.15) is 0 Å². The highest BCUT2D eigenvalue weighted by Gasteiger charge is 2.16. The molecule has 1 aromatic rings. The van der Waals surface area contributed by atoms with Crippen molar-refractivity contribution in [2.24, 2.45) is 0 Å². The zero-order chi connectivity index (χ0) is 13.8. The van der Waals surface area contributed by atoms with Crippen LogP contribution in [0, 0.1) is 6.92 Å². The second-order valence-electron chi connectivity index (χ2n) is 5.75. The molecule has 5 heteroatoms. The van der Waals surface area contributed by atoms with Crippen LogP contribution in [0.15, 0.2) is 29.2 Å². The van der Waals surface area contributed by atoms with E-state index in [0.29, 0.717) is 0 Å². The molecular weight excluding hydrogens is 264 g/mol. The van der Waals surface area contributed by atoms with E-state index in [9.17, 15) is 8.42 Å². The third kappa shape index (κ3) is 5.33. The number of benzene rings is 1. The summed E-state index contributed by atoms with van der Waals surface area (Å²) in [6.45, 7) is 9.00. The van der Waals surface area contributed by atoms with Crippen molar-refractivity contribution in [3.63, 3.8) is 0 Å². The first-order chi connectivity index (χ1) is 8.21. The SMILES string of the molecule is Cc1ccc(S(=O)(=O)OCCC[Si](C)(C)C)cc1. The van der Waals surface area contributed by atoms with Crippen LogP contribution in [0.3, 0.4) is 0 Å². The average molecular weight is 286 g/mol. The molecule has 0 unspecified atom stereocenters. The summed E-state index contributed by atoms with van der Waals surface area (Å²) in [4.78, 5) is 0.237. The van der Waals surface area contributed by atoms with Gasteiger partial charge in [0.05, 0.1) is 11.5 Å². The van der Waals surface area contributed by atoms with Crippen LogP contribution in [0.25, 0.3) is 0 Å². The summed E-state index contributed by atoms with van der Waals surface area (Å²) in [5.41, 5.74) is 1.03. The molecule has 0 saturated carbocycles. The summed E-state index contributed by atoms with van der Waals surface area (Å²) in [5.74, 6) is 0. The maximum absolute atomic E-state index is 11.9. The van der Waals surface area contributed by atoms with Crippen molar-refractivity contribution >= 4 is 18.2 Å². The van der Waals surface area contributed by atoms with Crippen LogP contribution in [-0.2, 0) is 14.3 Å². The van der Waals surface area contributed by atoms with Gasteiger partial charge in [-0.2, -0.15) is 8.42 Å². The first-order valence-electron chi connectivity index (χ1n) is 6.17. The topological polar surface area (TPSA) is 43.4 Å². The molecule has 1 rings (SSSR count).